The Morgan fingerprint density at radius 3 is 2.56 bits per heavy atom. The van der Waals surface area contributed by atoms with Crippen LogP contribution in [0.1, 0.15) is 26.3 Å². The van der Waals surface area contributed by atoms with Crippen LogP contribution < -0.4 is 11.1 Å². The van der Waals surface area contributed by atoms with Crippen molar-refractivity contribution in [3.05, 3.63) is 41.6 Å². The number of allylic oxidation sites excluding steroid dienone is 1. The number of hydrogen-bond donors (Lipinski definition) is 3. The van der Waals surface area contributed by atoms with Gasteiger partial charge in [-0.2, -0.15) is 0 Å². The number of amides is 1. The third-order valence-corrected chi connectivity index (χ3v) is 3.64. The molecule has 0 fully saturated rings. The Bertz CT molecular complexity index is 708. The number of amidine groups is 1. The Kier molecular flexibility index (Phi) is 8.88. The average Bonchev–Trinajstić information content (AvgIpc) is 2.52. The van der Waals surface area contributed by atoms with Gasteiger partial charge in [-0.3, -0.25) is 5.32 Å². The molecule has 0 aliphatic heterocycles. The van der Waals surface area contributed by atoms with Gasteiger partial charge < -0.3 is 15.6 Å². The number of halogens is 3. The zero-order valence-corrected chi connectivity index (χ0v) is 17.7. The summed E-state index contributed by atoms with van der Waals surface area (Å²) in [5.74, 6) is 0.179. The van der Waals surface area contributed by atoms with Gasteiger partial charge in [0.05, 0.1) is 5.69 Å². The molecule has 0 aliphatic carbocycles. The second-order valence-corrected chi connectivity index (χ2v) is 9.32. The number of alkyl carbamates (subject to hydrolysis) is 1. The number of rotatable bonds is 5. The fraction of sp³-hybridized carbons (Fsp3) is 0.444. The number of benzene rings is 1. The number of hydrogen-bond acceptors (Lipinski definition) is 5. The molecule has 0 saturated heterocycles. The molecule has 1 rings (SSSR count). The molecule has 9 heteroatoms. The lowest BCUT2D eigenvalue weighted by Crippen LogP contribution is -2.33. The van der Waals surface area contributed by atoms with Crippen molar-refractivity contribution >= 4 is 52.4 Å². The fourth-order valence-electron chi connectivity index (χ4n) is 1.80. The van der Waals surface area contributed by atoms with Crippen molar-refractivity contribution in [3.63, 3.8) is 0 Å². The predicted molar refractivity (Wildman–Crippen MR) is 111 cm³/mol. The van der Waals surface area contributed by atoms with Crippen molar-refractivity contribution < 1.29 is 14.6 Å². The molecule has 150 valence electrons. The fourth-order valence-corrected chi connectivity index (χ4v) is 1.96. The van der Waals surface area contributed by atoms with Gasteiger partial charge in [0.15, 0.2) is 0 Å². The smallest absolute Gasteiger partial charge is 0.412 e. The van der Waals surface area contributed by atoms with Crippen molar-refractivity contribution in [2.45, 2.75) is 31.0 Å². The molecule has 1 aromatic carbocycles. The monoisotopic (exact) mass is 435 g/mol. The van der Waals surface area contributed by atoms with Crippen LogP contribution in [0, 0.1) is 5.41 Å². The van der Waals surface area contributed by atoms with Gasteiger partial charge in [0, 0.05) is 23.8 Å². The van der Waals surface area contributed by atoms with E-state index in [2.05, 4.69) is 10.3 Å². The quantitative estimate of drug-likeness (QED) is 0.365. The van der Waals surface area contributed by atoms with E-state index in [1.54, 1.807) is 24.3 Å². The van der Waals surface area contributed by atoms with E-state index in [1.165, 1.54) is 0 Å². The topological polar surface area (TPSA) is 96.9 Å². The van der Waals surface area contributed by atoms with Crippen LogP contribution in [0.2, 0.25) is 0 Å². The average molecular weight is 437 g/mol. The second kappa shape index (κ2) is 10.2. The number of carbonyl (C=O) groups excluding carboxylic acids is 1. The summed E-state index contributed by atoms with van der Waals surface area (Å²) in [6.45, 7) is 5.40. The lowest BCUT2D eigenvalue weighted by atomic mass is 9.92. The molecule has 4 N–H and O–H groups in total. The summed E-state index contributed by atoms with van der Waals surface area (Å²) in [6, 6.07) is 7.23. The molecular formula is C18H24Cl3N3O3. The number of ether oxygens (including phenoxy) is 1. The van der Waals surface area contributed by atoms with Crippen molar-refractivity contribution in [3.8, 4) is 0 Å². The number of nitrogens with zero attached hydrogens (tertiary/aromatic N) is 1. The molecule has 1 amide bonds. The number of carbonyl (C=O) groups is 1. The molecule has 0 atom stereocenters. The molecule has 6 nitrogen and oxygen atoms in total. The SMILES string of the molecule is CC(C)(C)/C(N)=C/C(=Nc1cccc(CCO)c1)NC(=O)OCC(Cl)(Cl)Cl. The summed E-state index contributed by atoms with van der Waals surface area (Å²) in [5, 5.41) is 11.6. The van der Waals surface area contributed by atoms with E-state index < -0.39 is 16.5 Å². The summed E-state index contributed by atoms with van der Waals surface area (Å²) in [4.78, 5) is 16.4. The van der Waals surface area contributed by atoms with E-state index in [0.717, 1.165) is 5.56 Å². The maximum Gasteiger partial charge on any atom is 0.412 e. The number of nitrogens with two attached hydrogens (primary N) is 1. The zero-order valence-electron chi connectivity index (χ0n) is 15.4. The van der Waals surface area contributed by atoms with E-state index in [0.29, 0.717) is 17.8 Å². The molecule has 0 bridgehead atoms. The summed E-state index contributed by atoms with van der Waals surface area (Å²) in [5.41, 5.74) is 7.76. The van der Waals surface area contributed by atoms with Crippen LogP contribution in [0.4, 0.5) is 10.5 Å². The van der Waals surface area contributed by atoms with Gasteiger partial charge in [-0.05, 0) is 24.1 Å². The lowest BCUT2D eigenvalue weighted by molar-refractivity contribution is 0.154. The van der Waals surface area contributed by atoms with E-state index >= 15 is 0 Å². The van der Waals surface area contributed by atoms with E-state index in [9.17, 15) is 4.79 Å². The molecular weight excluding hydrogens is 413 g/mol. The maximum absolute atomic E-state index is 12.0. The minimum atomic E-state index is -1.71. The molecule has 27 heavy (non-hydrogen) atoms. The van der Waals surface area contributed by atoms with Crippen LogP contribution >= 0.6 is 34.8 Å². The van der Waals surface area contributed by atoms with Crippen LogP contribution in [-0.4, -0.2) is 34.0 Å². The number of nitrogens with one attached hydrogen (secondary N) is 1. The molecule has 0 saturated carbocycles. The standard InChI is InChI=1S/C18H24Cl3N3O3/c1-17(2,3)14(22)10-15(24-16(26)27-11-18(19,20)21)23-13-6-4-5-12(9-13)7-8-25/h4-6,9-10,25H,7-8,11,22H2,1-3H3,(H,23,24,26)/b14-10-. The first kappa shape index (κ1) is 23.6. The van der Waals surface area contributed by atoms with Gasteiger partial charge in [-0.25, -0.2) is 9.79 Å². The molecule has 0 spiro atoms. The molecule has 1 aromatic rings. The predicted octanol–water partition coefficient (Wildman–Crippen LogP) is 4.24. The summed E-state index contributed by atoms with van der Waals surface area (Å²) in [7, 11) is 0. The van der Waals surface area contributed by atoms with Crippen molar-refractivity contribution in [1.82, 2.24) is 5.32 Å². The van der Waals surface area contributed by atoms with Gasteiger partial charge in [-0.1, -0.05) is 67.7 Å². The highest BCUT2D eigenvalue weighted by molar-refractivity contribution is 6.67. The number of aliphatic hydroxyl groups is 1. The highest BCUT2D eigenvalue weighted by Crippen LogP contribution is 2.26. The first-order valence-electron chi connectivity index (χ1n) is 8.17. The molecule has 0 aliphatic rings. The molecule has 0 radical (unpaired) electrons. The van der Waals surface area contributed by atoms with Gasteiger partial charge in [0.25, 0.3) is 0 Å². The Hall–Kier alpha value is -1.47. The second-order valence-electron chi connectivity index (χ2n) is 6.81. The highest BCUT2D eigenvalue weighted by atomic mass is 35.6. The Morgan fingerprint density at radius 2 is 2.00 bits per heavy atom. The van der Waals surface area contributed by atoms with Gasteiger partial charge >= 0.3 is 6.09 Å². The Morgan fingerprint density at radius 1 is 1.33 bits per heavy atom. The van der Waals surface area contributed by atoms with Crippen molar-refractivity contribution in [2.75, 3.05) is 13.2 Å². The summed E-state index contributed by atoms with van der Waals surface area (Å²) >= 11 is 16.7. The van der Waals surface area contributed by atoms with Crippen LogP contribution in [0.25, 0.3) is 0 Å². The van der Waals surface area contributed by atoms with Gasteiger partial charge in [0.1, 0.15) is 12.4 Å². The molecule has 0 unspecified atom stereocenters. The summed E-state index contributed by atoms with van der Waals surface area (Å²) < 4.78 is 3.16. The first-order chi connectivity index (χ1) is 12.4. The minimum Gasteiger partial charge on any atom is -0.445 e. The number of alkyl halides is 3. The minimum absolute atomic E-state index is 0.0263. The molecule has 0 heterocycles. The van der Waals surface area contributed by atoms with E-state index in [1.807, 2.05) is 26.8 Å². The number of aliphatic hydroxyl groups excluding tert-OH is 1. The Labute approximate surface area is 174 Å². The van der Waals surface area contributed by atoms with Crippen LogP contribution in [-0.2, 0) is 11.2 Å². The van der Waals surface area contributed by atoms with Crippen LogP contribution in [0.15, 0.2) is 41.0 Å². The summed E-state index contributed by atoms with van der Waals surface area (Å²) in [6.07, 6.45) is 1.22. The lowest BCUT2D eigenvalue weighted by Gasteiger charge is -2.19. The largest absolute Gasteiger partial charge is 0.445 e. The van der Waals surface area contributed by atoms with Crippen molar-refractivity contribution in [1.29, 1.82) is 0 Å². The normalized spacial score (nSPS) is 13.4. The first-order valence-corrected chi connectivity index (χ1v) is 9.31. The highest BCUT2D eigenvalue weighted by Gasteiger charge is 2.22. The van der Waals surface area contributed by atoms with E-state index in [4.69, 9.17) is 50.4 Å². The third kappa shape index (κ3) is 9.86. The van der Waals surface area contributed by atoms with Crippen LogP contribution in [0.5, 0.6) is 0 Å². The third-order valence-electron chi connectivity index (χ3n) is 3.32. The van der Waals surface area contributed by atoms with E-state index in [-0.39, 0.29) is 17.9 Å². The van der Waals surface area contributed by atoms with Gasteiger partial charge in [-0.15, -0.1) is 0 Å². The molecule has 0 aromatic heterocycles. The maximum atomic E-state index is 12.0. The van der Waals surface area contributed by atoms with Gasteiger partial charge in [0.2, 0.25) is 3.79 Å². The van der Waals surface area contributed by atoms with Crippen LogP contribution in [0.3, 0.4) is 0 Å². The zero-order chi connectivity index (χ0) is 20.7. The van der Waals surface area contributed by atoms with Crippen molar-refractivity contribution in [2.24, 2.45) is 16.1 Å². The number of aliphatic imine (C=N–C) groups is 1. The Balaban J connectivity index is 3.11.